The number of carbonyl (C=O) groups is 3. The quantitative estimate of drug-likeness (QED) is 0.194. The van der Waals surface area contributed by atoms with E-state index in [1.54, 1.807) is 40.0 Å². The highest BCUT2D eigenvalue weighted by Crippen LogP contribution is 2.36. The molecule has 3 amide bonds. The van der Waals surface area contributed by atoms with Crippen LogP contribution < -0.4 is 0 Å². The number of urea groups is 1. The summed E-state index contributed by atoms with van der Waals surface area (Å²) in [5.74, 6) is -1.68. The Balaban J connectivity index is 1.81. The van der Waals surface area contributed by atoms with Crippen LogP contribution in [-0.2, 0) is 14.3 Å². The number of nitro groups is 1. The molecule has 0 aliphatic carbocycles. The molecule has 1 heterocycles. The van der Waals surface area contributed by atoms with Gasteiger partial charge >= 0.3 is 12.0 Å². The van der Waals surface area contributed by atoms with Crippen LogP contribution in [0, 0.1) is 16.0 Å². The standard InChI is InChI=1S/C28H32N4O6/c1-19(2)38-27(34)25-20(3)29-28(35)31(26(25)22-12-8-13-23(18-22)32(36)37)17-9-16-30(4)24(33)15-14-21-10-6-5-7-11-21/h5-8,10-15,18-19,25-26H,9,16-17H2,1-4H3. The van der Waals surface area contributed by atoms with E-state index in [4.69, 9.17) is 4.74 Å². The lowest BCUT2D eigenvalue weighted by molar-refractivity contribution is -0.385. The summed E-state index contributed by atoms with van der Waals surface area (Å²) in [7, 11) is 1.67. The van der Waals surface area contributed by atoms with Gasteiger partial charge in [0.15, 0.2) is 0 Å². The van der Waals surface area contributed by atoms with Gasteiger partial charge < -0.3 is 14.5 Å². The van der Waals surface area contributed by atoms with E-state index in [1.165, 1.54) is 34.1 Å². The van der Waals surface area contributed by atoms with Gasteiger partial charge in [-0.1, -0.05) is 42.5 Å². The lowest BCUT2D eigenvalue weighted by Crippen LogP contribution is -2.48. The van der Waals surface area contributed by atoms with Gasteiger partial charge in [0, 0.05) is 44.1 Å². The first-order valence-corrected chi connectivity index (χ1v) is 12.4. The summed E-state index contributed by atoms with van der Waals surface area (Å²) < 4.78 is 5.46. The maximum absolute atomic E-state index is 13.1. The summed E-state index contributed by atoms with van der Waals surface area (Å²) in [4.78, 5) is 56.6. The minimum absolute atomic E-state index is 0.151. The number of aliphatic imine (C=N–C) groups is 1. The maximum Gasteiger partial charge on any atom is 0.344 e. The molecule has 0 saturated carbocycles. The molecule has 0 N–H and O–H groups in total. The summed E-state index contributed by atoms with van der Waals surface area (Å²) in [6.45, 7) is 5.54. The third-order valence-corrected chi connectivity index (χ3v) is 6.13. The van der Waals surface area contributed by atoms with E-state index in [0.29, 0.717) is 18.5 Å². The van der Waals surface area contributed by atoms with Gasteiger partial charge in [-0.15, -0.1) is 0 Å². The van der Waals surface area contributed by atoms with Gasteiger partial charge in [0.2, 0.25) is 5.91 Å². The van der Waals surface area contributed by atoms with Crippen LogP contribution in [0.3, 0.4) is 0 Å². The molecule has 0 aromatic heterocycles. The molecule has 10 nitrogen and oxygen atoms in total. The van der Waals surface area contributed by atoms with Crippen molar-refractivity contribution in [2.24, 2.45) is 10.9 Å². The van der Waals surface area contributed by atoms with Crippen LogP contribution in [0.25, 0.3) is 6.08 Å². The number of hydrogen-bond donors (Lipinski definition) is 0. The molecule has 2 aromatic carbocycles. The Bertz CT molecular complexity index is 1240. The molecule has 2 aromatic rings. The second-order valence-electron chi connectivity index (χ2n) is 9.35. The minimum atomic E-state index is -0.926. The highest BCUT2D eigenvalue weighted by molar-refractivity contribution is 6.08. The van der Waals surface area contributed by atoms with Crippen molar-refractivity contribution < 1.29 is 24.0 Å². The summed E-state index contributed by atoms with van der Waals surface area (Å²) in [6.07, 6.45) is 3.22. The van der Waals surface area contributed by atoms with Gasteiger partial charge in [0.25, 0.3) is 5.69 Å². The number of non-ortho nitro benzene ring substituents is 1. The van der Waals surface area contributed by atoms with E-state index >= 15 is 0 Å². The Morgan fingerprint density at radius 1 is 1.18 bits per heavy atom. The number of likely N-dealkylation sites (N-methyl/N-ethyl adjacent to an activating group) is 1. The molecule has 10 heteroatoms. The number of rotatable bonds is 10. The predicted octanol–water partition coefficient (Wildman–Crippen LogP) is 4.66. The third-order valence-electron chi connectivity index (χ3n) is 6.13. The summed E-state index contributed by atoms with van der Waals surface area (Å²) >= 11 is 0. The van der Waals surface area contributed by atoms with Crippen molar-refractivity contribution in [3.05, 3.63) is 81.9 Å². The van der Waals surface area contributed by atoms with Crippen LogP contribution in [0.5, 0.6) is 0 Å². The lowest BCUT2D eigenvalue weighted by atomic mass is 9.86. The van der Waals surface area contributed by atoms with Crippen molar-refractivity contribution >= 4 is 35.4 Å². The van der Waals surface area contributed by atoms with Crippen molar-refractivity contribution in [2.45, 2.75) is 39.3 Å². The van der Waals surface area contributed by atoms with E-state index in [1.807, 2.05) is 30.3 Å². The van der Waals surface area contributed by atoms with Gasteiger partial charge in [-0.2, -0.15) is 0 Å². The Kier molecular flexibility index (Phi) is 9.48. The first kappa shape index (κ1) is 28.2. The zero-order valence-corrected chi connectivity index (χ0v) is 21.9. The van der Waals surface area contributed by atoms with Gasteiger partial charge in [-0.05, 0) is 44.4 Å². The molecule has 2 unspecified atom stereocenters. The fourth-order valence-electron chi connectivity index (χ4n) is 4.29. The first-order chi connectivity index (χ1) is 18.1. The molecule has 0 spiro atoms. The first-order valence-electron chi connectivity index (χ1n) is 12.4. The number of benzene rings is 2. The van der Waals surface area contributed by atoms with E-state index in [2.05, 4.69) is 4.99 Å². The highest BCUT2D eigenvalue weighted by atomic mass is 16.6. The summed E-state index contributed by atoms with van der Waals surface area (Å²) in [5.41, 5.74) is 1.47. The smallest absolute Gasteiger partial charge is 0.344 e. The van der Waals surface area contributed by atoms with E-state index in [9.17, 15) is 24.5 Å². The van der Waals surface area contributed by atoms with Crippen molar-refractivity contribution in [3.8, 4) is 0 Å². The van der Waals surface area contributed by atoms with Crippen molar-refractivity contribution in [2.75, 3.05) is 20.1 Å². The van der Waals surface area contributed by atoms with Crippen LogP contribution in [0.4, 0.5) is 10.5 Å². The zero-order valence-electron chi connectivity index (χ0n) is 21.9. The lowest BCUT2D eigenvalue weighted by Gasteiger charge is -2.39. The number of ether oxygens (including phenoxy) is 1. The average Bonchev–Trinajstić information content (AvgIpc) is 2.88. The molecule has 0 bridgehead atoms. The van der Waals surface area contributed by atoms with Crippen molar-refractivity contribution in [1.29, 1.82) is 0 Å². The molecule has 1 aliphatic rings. The molecular formula is C28H32N4O6. The zero-order chi connectivity index (χ0) is 27.8. The topological polar surface area (TPSA) is 122 Å². The highest BCUT2D eigenvalue weighted by Gasteiger charge is 2.43. The van der Waals surface area contributed by atoms with E-state index < -0.39 is 35.0 Å². The van der Waals surface area contributed by atoms with Crippen LogP contribution in [0.2, 0.25) is 0 Å². The second-order valence-corrected chi connectivity index (χ2v) is 9.35. The number of nitro benzene ring substituents is 1. The summed E-state index contributed by atoms with van der Waals surface area (Å²) in [6, 6.07) is 13.9. The average molecular weight is 521 g/mol. The van der Waals surface area contributed by atoms with Crippen molar-refractivity contribution in [3.63, 3.8) is 0 Å². The Hall–Kier alpha value is -4.34. The fraction of sp³-hybridized carbons (Fsp3) is 0.357. The predicted molar refractivity (Wildman–Crippen MR) is 143 cm³/mol. The van der Waals surface area contributed by atoms with Gasteiger partial charge in [0.05, 0.1) is 17.1 Å². The molecule has 1 aliphatic heterocycles. The van der Waals surface area contributed by atoms with E-state index in [0.717, 1.165) is 5.56 Å². The van der Waals surface area contributed by atoms with Crippen LogP contribution in [-0.4, -0.2) is 64.6 Å². The molecule has 2 atom stereocenters. The fourth-order valence-corrected chi connectivity index (χ4v) is 4.29. The van der Waals surface area contributed by atoms with Crippen LogP contribution >= 0.6 is 0 Å². The molecule has 38 heavy (non-hydrogen) atoms. The number of amides is 3. The molecule has 0 saturated heterocycles. The molecular weight excluding hydrogens is 488 g/mol. The Labute approximate surface area is 221 Å². The maximum atomic E-state index is 13.1. The molecule has 0 radical (unpaired) electrons. The van der Waals surface area contributed by atoms with Gasteiger partial charge in [-0.3, -0.25) is 19.7 Å². The SMILES string of the molecule is CC1=NC(=O)N(CCCN(C)C(=O)C=Cc2ccccc2)C(c2cccc([N+](=O)[O-])c2)C1C(=O)OC(C)C. The number of nitrogens with zero attached hydrogens (tertiary/aromatic N) is 4. The number of hydrogen-bond acceptors (Lipinski definition) is 6. The minimum Gasteiger partial charge on any atom is -0.462 e. The van der Waals surface area contributed by atoms with Crippen molar-refractivity contribution in [1.82, 2.24) is 9.80 Å². The monoisotopic (exact) mass is 520 g/mol. The molecule has 200 valence electrons. The number of carbonyl (C=O) groups excluding carboxylic acids is 3. The molecule has 3 rings (SSSR count). The van der Waals surface area contributed by atoms with Gasteiger partial charge in [-0.25, -0.2) is 9.79 Å². The van der Waals surface area contributed by atoms with Crippen LogP contribution in [0.15, 0.2) is 65.7 Å². The second kappa shape index (κ2) is 12.8. The Morgan fingerprint density at radius 2 is 1.89 bits per heavy atom. The Morgan fingerprint density at radius 3 is 2.55 bits per heavy atom. The largest absolute Gasteiger partial charge is 0.462 e. The van der Waals surface area contributed by atoms with E-state index in [-0.39, 0.29) is 23.9 Å². The van der Waals surface area contributed by atoms with Crippen LogP contribution in [0.1, 0.15) is 44.4 Å². The summed E-state index contributed by atoms with van der Waals surface area (Å²) in [5, 5.41) is 11.4. The normalized spacial score (nSPS) is 17.4. The van der Waals surface area contributed by atoms with Gasteiger partial charge in [0.1, 0.15) is 5.92 Å². The number of esters is 1. The molecule has 0 fully saturated rings. The third kappa shape index (κ3) is 7.12.